The van der Waals surface area contributed by atoms with Crippen LogP contribution in [-0.4, -0.2) is 57.9 Å². The summed E-state index contributed by atoms with van der Waals surface area (Å²) in [4.78, 5) is 22.6. The van der Waals surface area contributed by atoms with Gasteiger partial charge in [-0.1, -0.05) is 70.4 Å². The highest BCUT2D eigenvalue weighted by Gasteiger charge is 2.00. The number of unbranched alkanes of at least 4 members (excludes halogenated alkanes) is 11. The number of carbonyl (C=O) groups is 2. The summed E-state index contributed by atoms with van der Waals surface area (Å²) >= 11 is 0. The molecule has 0 saturated carbocycles. The van der Waals surface area contributed by atoms with E-state index in [-0.39, 0.29) is 11.7 Å². The quantitative estimate of drug-likeness (QED) is 0.112. The first kappa shape index (κ1) is 32.8. The second-order valence-corrected chi connectivity index (χ2v) is 8.97. The molecular weight excluding hydrogens is 430 g/mol. The Morgan fingerprint density at radius 3 is 1.71 bits per heavy atom. The third-order valence-corrected chi connectivity index (χ3v) is 5.58. The lowest BCUT2D eigenvalue weighted by Crippen LogP contribution is -2.27. The van der Waals surface area contributed by atoms with Gasteiger partial charge in [0.05, 0.1) is 39.6 Å². The molecule has 200 valence electrons. The molecule has 0 rings (SSSR count). The average Bonchev–Trinajstić information content (AvgIpc) is 2.82. The highest BCUT2D eigenvalue weighted by molar-refractivity contribution is 5.75. The molecule has 1 N–H and O–H groups in total. The molecule has 6 nitrogen and oxygen atoms in total. The van der Waals surface area contributed by atoms with Gasteiger partial charge in [-0.3, -0.25) is 9.59 Å². The van der Waals surface area contributed by atoms with Gasteiger partial charge < -0.3 is 19.5 Å². The standard InChI is InChI=1S/C28H53NO5/c1-3-4-5-6-7-8-9-10-11-12-13-14-15-16-17-18-28(31)29-20-22-33-24-26-34-25-23-32-21-19-27(2)30/h10-11H,3-9,12-26H2,1-2H3,(H,29,31)/b11-10-. The van der Waals surface area contributed by atoms with Gasteiger partial charge in [-0.05, 0) is 39.0 Å². The third kappa shape index (κ3) is 28.8. The van der Waals surface area contributed by atoms with Crippen LogP contribution in [-0.2, 0) is 23.8 Å². The Morgan fingerprint density at radius 1 is 0.618 bits per heavy atom. The van der Waals surface area contributed by atoms with Crippen molar-refractivity contribution < 1.29 is 23.8 Å². The van der Waals surface area contributed by atoms with E-state index in [0.717, 1.165) is 12.8 Å². The van der Waals surface area contributed by atoms with Crippen LogP contribution in [0.25, 0.3) is 0 Å². The maximum Gasteiger partial charge on any atom is 0.220 e. The van der Waals surface area contributed by atoms with Crippen molar-refractivity contribution in [3.8, 4) is 0 Å². The maximum atomic E-state index is 11.8. The van der Waals surface area contributed by atoms with Crippen LogP contribution in [0.1, 0.15) is 110 Å². The van der Waals surface area contributed by atoms with E-state index < -0.39 is 0 Å². The minimum atomic E-state index is 0.111. The molecule has 0 aromatic heterocycles. The fourth-order valence-corrected chi connectivity index (χ4v) is 3.47. The molecule has 6 heteroatoms. The monoisotopic (exact) mass is 483 g/mol. The predicted octanol–water partition coefficient (Wildman–Crippen LogP) is 6.17. The zero-order valence-corrected chi connectivity index (χ0v) is 22.3. The number of hydrogen-bond donors (Lipinski definition) is 1. The highest BCUT2D eigenvalue weighted by atomic mass is 16.5. The molecule has 0 spiro atoms. The highest BCUT2D eigenvalue weighted by Crippen LogP contribution is 2.09. The topological polar surface area (TPSA) is 73.9 Å². The summed E-state index contributed by atoms with van der Waals surface area (Å²) < 4.78 is 16.1. The first-order valence-electron chi connectivity index (χ1n) is 13.8. The normalized spacial score (nSPS) is 11.4. The third-order valence-electron chi connectivity index (χ3n) is 5.58. The van der Waals surface area contributed by atoms with Crippen molar-refractivity contribution in [1.29, 1.82) is 0 Å². The van der Waals surface area contributed by atoms with Crippen LogP contribution in [0.5, 0.6) is 0 Å². The summed E-state index contributed by atoms with van der Waals surface area (Å²) in [6.07, 6.45) is 22.2. The van der Waals surface area contributed by atoms with Gasteiger partial charge in [0.1, 0.15) is 5.78 Å². The molecule has 0 fully saturated rings. The molecule has 0 saturated heterocycles. The van der Waals surface area contributed by atoms with E-state index in [1.807, 2.05) is 0 Å². The van der Waals surface area contributed by atoms with Gasteiger partial charge in [-0.15, -0.1) is 0 Å². The molecule has 0 aromatic rings. The molecular formula is C28H53NO5. The molecule has 0 radical (unpaired) electrons. The Balaban J connectivity index is 3.21. The summed E-state index contributed by atoms with van der Waals surface area (Å²) in [6, 6.07) is 0. The summed E-state index contributed by atoms with van der Waals surface area (Å²) in [7, 11) is 0. The summed E-state index contributed by atoms with van der Waals surface area (Å²) in [5.74, 6) is 0.245. The smallest absolute Gasteiger partial charge is 0.220 e. The molecule has 1 amide bonds. The summed E-state index contributed by atoms with van der Waals surface area (Å²) in [5.41, 5.74) is 0. The van der Waals surface area contributed by atoms with Gasteiger partial charge in [0.15, 0.2) is 0 Å². The number of rotatable bonds is 27. The van der Waals surface area contributed by atoms with E-state index in [0.29, 0.717) is 59.0 Å². The number of ether oxygens (including phenoxy) is 3. The van der Waals surface area contributed by atoms with Crippen molar-refractivity contribution in [2.45, 2.75) is 110 Å². The fourth-order valence-electron chi connectivity index (χ4n) is 3.47. The van der Waals surface area contributed by atoms with Crippen molar-refractivity contribution in [3.05, 3.63) is 12.2 Å². The van der Waals surface area contributed by atoms with Gasteiger partial charge in [-0.25, -0.2) is 0 Å². The second-order valence-electron chi connectivity index (χ2n) is 8.97. The van der Waals surface area contributed by atoms with Gasteiger partial charge in [0, 0.05) is 19.4 Å². The number of allylic oxidation sites excluding steroid dienone is 2. The first-order chi connectivity index (χ1) is 16.7. The largest absolute Gasteiger partial charge is 0.379 e. The van der Waals surface area contributed by atoms with E-state index in [1.165, 1.54) is 70.6 Å². The molecule has 0 aliphatic carbocycles. The van der Waals surface area contributed by atoms with Crippen molar-refractivity contribution in [3.63, 3.8) is 0 Å². The molecule has 0 bridgehead atoms. The van der Waals surface area contributed by atoms with Crippen molar-refractivity contribution in [1.82, 2.24) is 5.32 Å². The number of hydrogen-bond acceptors (Lipinski definition) is 5. The van der Waals surface area contributed by atoms with Crippen molar-refractivity contribution in [2.24, 2.45) is 0 Å². The molecule has 34 heavy (non-hydrogen) atoms. The Kier molecular flexibility index (Phi) is 27.0. The number of Topliss-reactive ketones (excluding diaryl/α,β-unsaturated/α-hetero) is 1. The van der Waals surface area contributed by atoms with E-state index >= 15 is 0 Å². The van der Waals surface area contributed by atoms with Crippen LogP contribution in [0, 0.1) is 0 Å². The SMILES string of the molecule is CCCCCCCC/C=C\CCCCCCCC(=O)NCCOCCOCCOCCC(C)=O. The van der Waals surface area contributed by atoms with Crippen LogP contribution in [0.4, 0.5) is 0 Å². The molecule has 0 atom stereocenters. The first-order valence-corrected chi connectivity index (χ1v) is 13.8. The minimum absolute atomic E-state index is 0.111. The summed E-state index contributed by atoms with van der Waals surface area (Å²) in [5, 5.41) is 2.91. The van der Waals surface area contributed by atoms with Gasteiger partial charge in [-0.2, -0.15) is 0 Å². The van der Waals surface area contributed by atoms with Crippen LogP contribution in [0.3, 0.4) is 0 Å². The average molecular weight is 484 g/mol. The fraction of sp³-hybridized carbons (Fsp3) is 0.857. The van der Waals surface area contributed by atoms with E-state index in [1.54, 1.807) is 6.92 Å². The van der Waals surface area contributed by atoms with Crippen LogP contribution in [0.2, 0.25) is 0 Å². The van der Waals surface area contributed by atoms with E-state index in [2.05, 4.69) is 24.4 Å². The lowest BCUT2D eigenvalue weighted by molar-refractivity contribution is -0.121. The minimum Gasteiger partial charge on any atom is -0.379 e. The molecule has 0 heterocycles. The number of nitrogens with one attached hydrogen (secondary N) is 1. The van der Waals surface area contributed by atoms with Gasteiger partial charge >= 0.3 is 0 Å². The van der Waals surface area contributed by atoms with Crippen LogP contribution in [0.15, 0.2) is 12.2 Å². The predicted molar refractivity (Wildman–Crippen MR) is 140 cm³/mol. The lowest BCUT2D eigenvalue weighted by Gasteiger charge is -2.08. The van der Waals surface area contributed by atoms with Crippen LogP contribution >= 0.6 is 0 Å². The Labute approximate surface area is 209 Å². The lowest BCUT2D eigenvalue weighted by atomic mass is 10.1. The zero-order valence-electron chi connectivity index (χ0n) is 22.3. The van der Waals surface area contributed by atoms with Crippen molar-refractivity contribution in [2.75, 3.05) is 46.2 Å². The van der Waals surface area contributed by atoms with E-state index in [4.69, 9.17) is 14.2 Å². The zero-order chi connectivity index (χ0) is 25.0. The Morgan fingerprint density at radius 2 is 1.12 bits per heavy atom. The van der Waals surface area contributed by atoms with Crippen molar-refractivity contribution >= 4 is 11.7 Å². The van der Waals surface area contributed by atoms with E-state index in [9.17, 15) is 9.59 Å². The Hall–Kier alpha value is -1.24. The van der Waals surface area contributed by atoms with Crippen LogP contribution < -0.4 is 5.32 Å². The van der Waals surface area contributed by atoms with Gasteiger partial charge in [0.25, 0.3) is 0 Å². The number of carbonyl (C=O) groups excluding carboxylic acids is 2. The number of amides is 1. The number of ketones is 1. The summed E-state index contributed by atoms with van der Waals surface area (Å²) in [6.45, 7) is 7.28. The molecule has 0 unspecified atom stereocenters. The molecule has 0 aromatic carbocycles. The Bertz CT molecular complexity index is 481. The second kappa shape index (κ2) is 28.0. The molecule has 0 aliphatic heterocycles. The van der Waals surface area contributed by atoms with Gasteiger partial charge in [0.2, 0.25) is 5.91 Å². The molecule has 0 aliphatic rings. The maximum absolute atomic E-state index is 11.8.